The van der Waals surface area contributed by atoms with Gasteiger partial charge >= 0.3 is 0 Å². The van der Waals surface area contributed by atoms with Crippen LogP contribution in [0.2, 0.25) is 0 Å². The second-order valence-electron chi connectivity index (χ2n) is 4.71. The normalized spacial score (nSPS) is 26.8. The van der Waals surface area contributed by atoms with Crippen LogP contribution in [0.15, 0.2) is 35.6 Å². The lowest BCUT2D eigenvalue weighted by Crippen LogP contribution is -2.28. The maximum absolute atomic E-state index is 6.05. The Morgan fingerprint density at radius 1 is 1.53 bits per heavy atom. The molecule has 0 aromatic heterocycles. The number of rotatable bonds is 5. The van der Waals surface area contributed by atoms with Gasteiger partial charge in [0.1, 0.15) is 0 Å². The number of nitrogens with two attached hydrogens (primary N) is 1. The van der Waals surface area contributed by atoms with E-state index in [4.69, 9.17) is 10.5 Å². The summed E-state index contributed by atoms with van der Waals surface area (Å²) < 4.78 is 6.05. The molecule has 1 aliphatic rings. The van der Waals surface area contributed by atoms with E-state index < -0.39 is 0 Å². The molecule has 1 aliphatic carbocycles. The van der Waals surface area contributed by atoms with E-state index in [9.17, 15) is 0 Å². The summed E-state index contributed by atoms with van der Waals surface area (Å²) in [6.07, 6.45) is 10.7. The molecule has 0 saturated carbocycles. The molecule has 0 aromatic rings. The zero-order chi connectivity index (χ0) is 12.8. The first-order chi connectivity index (χ1) is 8.08. The van der Waals surface area contributed by atoms with Gasteiger partial charge < -0.3 is 10.5 Å². The molecule has 0 saturated heterocycles. The van der Waals surface area contributed by atoms with Gasteiger partial charge in [-0.15, -0.1) is 0 Å². The van der Waals surface area contributed by atoms with Gasteiger partial charge in [0.05, 0.1) is 12.2 Å². The molecule has 0 aliphatic heterocycles. The molecule has 0 bridgehead atoms. The fourth-order valence-electron chi connectivity index (χ4n) is 2.23. The Morgan fingerprint density at radius 2 is 2.24 bits per heavy atom. The third-order valence-electron chi connectivity index (χ3n) is 3.31. The molecule has 2 heteroatoms. The van der Waals surface area contributed by atoms with Gasteiger partial charge in [0.25, 0.3) is 0 Å². The highest BCUT2D eigenvalue weighted by Crippen LogP contribution is 2.27. The maximum Gasteiger partial charge on any atom is 0.0831 e. The molecule has 0 aromatic carbocycles. The van der Waals surface area contributed by atoms with Crippen molar-refractivity contribution in [3.63, 3.8) is 0 Å². The van der Waals surface area contributed by atoms with Crippen LogP contribution in [-0.4, -0.2) is 12.2 Å². The molecule has 0 amide bonds. The van der Waals surface area contributed by atoms with Crippen molar-refractivity contribution in [1.29, 1.82) is 0 Å². The van der Waals surface area contributed by atoms with Gasteiger partial charge in [-0.3, -0.25) is 0 Å². The maximum atomic E-state index is 6.05. The van der Waals surface area contributed by atoms with Crippen molar-refractivity contribution in [2.45, 2.75) is 52.7 Å². The summed E-state index contributed by atoms with van der Waals surface area (Å²) >= 11 is 0. The van der Waals surface area contributed by atoms with E-state index >= 15 is 0 Å². The summed E-state index contributed by atoms with van der Waals surface area (Å²) in [5.74, 6) is 0.499. The van der Waals surface area contributed by atoms with Crippen molar-refractivity contribution in [2.24, 2.45) is 11.7 Å². The van der Waals surface area contributed by atoms with E-state index in [1.54, 1.807) is 0 Å². The number of allylic oxidation sites excluding steroid dienone is 3. The van der Waals surface area contributed by atoms with Crippen molar-refractivity contribution in [2.75, 3.05) is 0 Å². The monoisotopic (exact) mass is 235 g/mol. The molecule has 1 rings (SSSR count). The van der Waals surface area contributed by atoms with Crippen LogP contribution in [0.4, 0.5) is 0 Å². The summed E-state index contributed by atoms with van der Waals surface area (Å²) in [6, 6.07) is 0. The third kappa shape index (κ3) is 4.04. The fourth-order valence-corrected chi connectivity index (χ4v) is 2.23. The molecular weight excluding hydrogens is 210 g/mol. The van der Waals surface area contributed by atoms with Gasteiger partial charge in [-0.2, -0.15) is 0 Å². The lowest BCUT2D eigenvalue weighted by Gasteiger charge is -2.29. The van der Waals surface area contributed by atoms with Crippen molar-refractivity contribution in [3.8, 4) is 0 Å². The Balaban J connectivity index is 2.62. The molecule has 2 nitrogen and oxygen atoms in total. The lowest BCUT2D eigenvalue weighted by molar-refractivity contribution is 0.0230. The Bertz CT molecular complexity index is 328. The van der Waals surface area contributed by atoms with Gasteiger partial charge in [0.15, 0.2) is 0 Å². The van der Waals surface area contributed by atoms with Crippen LogP contribution in [0.3, 0.4) is 0 Å². The summed E-state index contributed by atoms with van der Waals surface area (Å²) in [6.45, 7) is 8.49. The molecule has 2 N–H and O–H groups in total. The van der Waals surface area contributed by atoms with Crippen LogP contribution in [-0.2, 0) is 4.74 Å². The van der Waals surface area contributed by atoms with Gasteiger partial charge in [-0.05, 0) is 32.8 Å². The minimum atomic E-state index is 0.0737. The van der Waals surface area contributed by atoms with Gasteiger partial charge in [0, 0.05) is 11.6 Å². The van der Waals surface area contributed by atoms with E-state index in [0.717, 1.165) is 18.5 Å². The van der Waals surface area contributed by atoms with Crippen LogP contribution in [0, 0.1) is 5.92 Å². The molecule has 3 unspecified atom stereocenters. The summed E-state index contributed by atoms with van der Waals surface area (Å²) in [7, 11) is 0. The van der Waals surface area contributed by atoms with E-state index in [2.05, 4.69) is 45.9 Å². The minimum Gasteiger partial charge on any atom is -0.402 e. The SMILES string of the molecule is CC/C(N)=C\C(C)OC1C=CC=C(C)C1CC. The minimum absolute atomic E-state index is 0.0737. The second-order valence-corrected chi connectivity index (χ2v) is 4.71. The smallest absolute Gasteiger partial charge is 0.0831 e. The van der Waals surface area contributed by atoms with Gasteiger partial charge in [-0.1, -0.05) is 37.6 Å². The van der Waals surface area contributed by atoms with E-state index in [-0.39, 0.29) is 12.2 Å². The highest BCUT2D eigenvalue weighted by Gasteiger charge is 2.23. The molecule has 0 heterocycles. The van der Waals surface area contributed by atoms with Crippen LogP contribution in [0.1, 0.15) is 40.5 Å². The standard InChI is InChI=1S/C15H25NO/c1-5-13(16)10-12(4)17-15-9-7-8-11(3)14(15)6-2/h7-10,12,14-15H,5-6,16H2,1-4H3/b13-10+. The average molecular weight is 235 g/mol. The molecule has 0 radical (unpaired) electrons. The quantitative estimate of drug-likeness (QED) is 0.791. The Morgan fingerprint density at radius 3 is 2.82 bits per heavy atom. The first kappa shape index (κ1) is 14.0. The van der Waals surface area contributed by atoms with Crippen LogP contribution in [0.5, 0.6) is 0 Å². The van der Waals surface area contributed by atoms with Crippen molar-refractivity contribution >= 4 is 0 Å². The van der Waals surface area contributed by atoms with Crippen LogP contribution >= 0.6 is 0 Å². The predicted octanol–water partition coefficient (Wildman–Crippen LogP) is 3.56. The largest absolute Gasteiger partial charge is 0.402 e. The first-order valence-corrected chi connectivity index (χ1v) is 6.55. The highest BCUT2D eigenvalue weighted by molar-refractivity contribution is 5.22. The van der Waals surface area contributed by atoms with E-state index in [1.807, 2.05) is 6.08 Å². The fraction of sp³-hybridized carbons (Fsp3) is 0.600. The molecular formula is C15H25NO. The summed E-state index contributed by atoms with van der Waals surface area (Å²) in [5.41, 5.74) is 8.13. The van der Waals surface area contributed by atoms with Crippen LogP contribution in [0.25, 0.3) is 0 Å². The Labute approximate surface area is 105 Å². The molecule has 96 valence electrons. The molecule has 17 heavy (non-hydrogen) atoms. The van der Waals surface area contributed by atoms with Crippen molar-refractivity contribution in [1.82, 2.24) is 0 Å². The van der Waals surface area contributed by atoms with Crippen molar-refractivity contribution in [3.05, 3.63) is 35.6 Å². The zero-order valence-electron chi connectivity index (χ0n) is 11.4. The first-order valence-electron chi connectivity index (χ1n) is 6.55. The second kappa shape index (κ2) is 6.65. The Kier molecular flexibility index (Phi) is 5.49. The van der Waals surface area contributed by atoms with E-state index in [0.29, 0.717) is 5.92 Å². The number of hydrogen-bond donors (Lipinski definition) is 1. The topological polar surface area (TPSA) is 35.2 Å². The molecule has 3 atom stereocenters. The molecule has 0 spiro atoms. The summed E-state index contributed by atoms with van der Waals surface area (Å²) in [4.78, 5) is 0. The number of hydrogen-bond acceptors (Lipinski definition) is 2. The predicted molar refractivity (Wildman–Crippen MR) is 73.6 cm³/mol. The zero-order valence-corrected chi connectivity index (χ0v) is 11.4. The lowest BCUT2D eigenvalue weighted by atomic mass is 9.88. The summed E-state index contributed by atoms with van der Waals surface area (Å²) in [5, 5.41) is 0. The van der Waals surface area contributed by atoms with Gasteiger partial charge in [0.2, 0.25) is 0 Å². The van der Waals surface area contributed by atoms with Crippen LogP contribution < -0.4 is 5.73 Å². The highest BCUT2D eigenvalue weighted by atomic mass is 16.5. The van der Waals surface area contributed by atoms with Gasteiger partial charge in [-0.25, -0.2) is 0 Å². The molecule has 0 fully saturated rings. The Hall–Kier alpha value is -1.02. The third-order valence-corrected chi connectivity index (χ3v) is 3.31. The number of ether oxygens (including phenoxy) is 1. The average Bonchev–Trinajstić information content (AvgIpc) is 2.29. The van der Waals surface area contributed by atoms with Crippen molar-refractivity contribution < 1.29 is 4.74 Å². The van der Waals surface area contributed by atoms with E-state index in [1.165, 1.54) is 5.57 Å².